The molecule has 0 aliphatic heterocycles. The van der Waals surface area contributed by atoms with Crippen molar-refractivity contribution in [3.05, 3.63) is 0 Å². The molecule has 2 unspecified atom stereocenters. The van der Waals surface area contributed by atoms with Crippen LogP contribution in [0.3, 0.4) is 0 Å². The van der Waals surface area contributed by atoms with Crippen molar-refractivity contribution in [2.75, 3.05) is 20.3 Å². The van der Waals surface area contributed by atoms with E-state index < -0.39 is 12.1 Å². The molecule has 0 aromatic carbocycles. The first-order valence-electron chi connectivity index (χ1n) is 15.9. The van der Waals surface area contributed by atoms with Crippen LogP contribution in [0.1, 0.15) is 157 Å². The number of esters is 1. The Morgan fingerprint density at radius 3 is 1.54 bits per heavy atom. The smallest absolute Gasteiger partial charge is 0.410 e. The monoisotopic (exact) mass is 525 g/mol. The van der Waals surface area contributed by atoms with Crippen LogP contribution >= 0.6 is 0 Å². The summed E-state index contributed by atoms with van der Waals surface area (Å²) in [5, 5.41) is 0. The van der Waals surface area contributed by atoms with E-state index in [0.717, 1.165) is 38.5 Å². The number of likely N-dealkylation sites (N-methyl/N-ethyl adjacent to an activating group) is 1. The SMILES string of the molecule is CCCCCCCCCCCCCCCCCOC(=O)C(C(C)C)N(C)C(=O)OCC(CC)CCCC. The van der Waals surface area contributed by atoms with Crippen LogP contribution < -0.4 is 0 Å². The maximum Gasteiger partial charge on any atom is 0.410 e. The van der Waals surface area contributed by atoms with Gasteiger partial charge in [-0.05, 0) is 24.7 Å². The molecule has 0 saturated heterocycles. The molecule has 5 nitrogen and oxygen atoms in total. The van der Waals surface area contributed by atoms with Crippen LogP contribution in [-0.4, -0.2) is 43.3 Å². The molecule has 0 aromatic heterocycles. The number of hydrogen-bond acceptors (Lipinski definition) is 4. The molecule has 0 aliphatic rings. The Hall–Kier alpha value is -1.26. The summed E-state index contributed by atoms with van der Waals surface area (Å²) in [6.07, 6.45) is 23.6. The lowest BCUT2D eigenvalue weighted by molar-refractivity contribution is -0.150. The first-order valence-corrected chi connectivity index (χ1v) is 15.9. The third-order valence-corrected chi connectivity index (χ3v) is 7.56. The summed E-state index contributed by atoms with van der Waals surface area (Å²) in [6.45, 7) is 11.3. The van der Waals surface area contributed by atoms with Gasteiger partial charge in [0, 0.05) is 7.05 Å². The predicted molar refractivity (Wildman–Crippen MR) is 157 cm³/mol. The lowest BCUT2D eigenvalue weighted by Crippen LogP contribution is -2.47. The molecule has 0 aliphatic carbocycles. The minimum absolute atomic E-state index is 0.0341. The van der Waals surface area contributed by atoms with E-state index in [1.54, 1.807) is 7.05 Å². The molecular weight excluding hydrogens is 462 g/mol. The van der Waals surface area contributed by atoms with Crippen molar-refractivity contribution in [2.45, 2.75) is 163 Å². The predicted octanol–water partition coefficient (Wildman–Crippen LogP) is 9.71. The van der Waals surface area contributed by atoms with Crippen LogP contribution in [0, 0.1) is 11.8 Å². The molecule has 0 fully saturated rings. The van der Waals surface area contributed by atoms with Crippen molar-refractivity contribution >= 4 is 12.1 Å². The van der Waals surface area contributed by atoms with Crippen LogP contribution in [0.15, 0.2) is 0 Å². The first-order chi connectivity index (χ1) is 17.9. The third kappa shape index (κ3) is 19.5. The minimum atomic E-state index is -0.612. The number of carbonyl (C=O) groups is 2. The summed E-state index contributed by atoms with van der Waals surface area (Å²) in [7, 11) is 1.65. The van der Waals surface area contributed by atoms with Crippen LogP contribution in [0.2, 0.25) is 0 Å². The zero-order valence-corrected chi connectivity index (χ0v) is 25.7. The van der Waals surface area contributed by atoms with Crippen molar-refractivity contribution in [2.24, 2.45) is 11.8 Å². The second-order valence-electron chi connectivity index (χ2n) is 11.4. The van der Waals surface area contributed by atoms with Crippen molar-refractivity contribution in [1.82, 2.24) is 4.90 Å². The first kappa shape index (κ1) is 35.7. The summed E-state index contributed by atoms with van der Waals surface area (Å²) in [5.41, 5.74) is 0. The van der Waals surface area contributed by atoms with Gasteiger partial charge < -0.3 is 9.47 Å². The van der Waals surface area contributed by atoms with Gasteiger partial charge in [-0.3, -0.25) is 4.90 Å². The van der Waals surface area contributed by atoms with E-state index in [2.05, 4.69) is 20.8 Å². The molecule has 0 radical (unpaired) electrons. The highest BCUT2D eigenvalue weighted by Gasteiger charge is 2.32. The average Bonchev–Trinajstić information content (AvgIpc) is 2.88. The van der Waals surface area contributed by atoms with Gasteiger partial charge in [0.2, 0.25) is 0 Å². The quantitative estimate of drug-likeness (QED) is 0.0879. The van der Waals surface area contributed by atoms with Crippen LogP contribution in [0.5, 0.6) is 0 Å². The maximum atomic E-state index is 12.7. The second-order valence-corrected chi connectivity index (χ2v) is 11.4. The zero-order valence-electron chi connectivity index (χ0n) is 25.7. The largest absolute Gasteiger partial charge is 0.464 e. The number of unbranched alkanes of at least 4 members (excludes halogenated alkanes) is 15. The maximum absolute atomic E-state index is 12.7. The highest BCUT2D eigenvalue weighted by Crippen LogP contribution is 2.17. The van der Waals surface area contributed by atoms with Gasteiger partial charge in [0.25, 0.3) is 0 Å². The van der Waals surface area contributed by atoms with Crippen molar-refractivity contribution in [1.29, 1.82) is 0 Å². The molecule has 37 heavy (non-hydrogen) atoms. The van der Waals surface area contributed by atoms with E-state index in [9.17, 15) is 9.59 Å². The Kier molecular flexibility index (Phi) is 24.2. The van der Waals surface area contributed by atoms with Crippen molar-refractivity contribution in [3.63, 3.8) is 0 Å². The van der Waals surface area contributed by atoms with Crippen LogP contribution in [0.4, 0.5) is 4.79 Å². The zero-order chi connectivity index (χ0) is 27.7. The summed E-state index contributed by atoms with van der Waals surface area (Å²) < 4.78 is 11.1. The van der Waals surface area contributed by atoms with Gasteiger partial charge in [-0.2, -0.15) is 0 Å². The number of amides is 1. The van der Waals surface area contributed by atoms with E-state index in [4.69, 9.17) is 9.47 Å². The van der Waals surface area contributed by atoms with E-state index in [1.807, 2.05) is 13.8 Å². The summed E-state index contributed by atoms with van der Waals surface area (Å²) in [6, 6.07) is -0.612. The molecule has 0 N–H and O–H groups in total. The second kappa shape index (κ2) is 25.0. The van der Waals surface area contributed by atoms with Gasteiger partial charge in [-0.15, -0.1) is 0 Å². The Morgan fingerprint density at radius 2 is 1.11 bits per heavy atom. The number of ether oxygens (including phenoxy) is 2. The van der Waals surface area contributed by atoms with E-state index in [0.29, 0.717) is 19.1 Å². The summed E-state index contributed by atoms with van der Waals surface area (Å²) in [4.78, 5) is 26.8. The molecule has 0 rings (SSSR count). The Morgan fingerprint density at radius 1 is 0.649 bits per heavy atom. The van der Waals surface area contributed by atoms with Gasteiger partial charge in [0.15, 0.2) is 0 Å². The van der Waals surface area contributed by atoms with Crippen LogP contribution in [0.25, 0.3) is 0 Å². The topological polar surface area (TPSA) is 55.8 Å². The number of carbonyl (C=O) groups excluding carboxylic acids is 2. The average molecular weight is 526 g/mol. The summed E-state index contributed by atoms with van der Waals surface area (Å²) in [5.74, 6) is 0.0258. The van der Waals surface area contributed by atoms with E-state index >= 15 is 0 Å². The normalized spacial score (nSPS) is 12.9. The number of rotatable bonds is 25. The molecule has 0 heterocycles. The van der Waals surface area contributed by atoms with Gasteiger partial charge in [0.05, 0.1) is 13.2 Å². The molecule has 0 spiro atoms. The molecule has 1 amide bonds. The van der Waals surface area contributed by atoms with E-state index in [1.165, 1.54) is 88.4 Å². The van der Waals surface area contributed by atoms with Crippen LogP contribution in [-0.2, 0) is 14.3 Å². The highest BCUT2D eigenvalue weighted by molar-refractivity contribution is 5.81. The molecule has 0 saturated carbocycles. The van der Waals surface area contributed by atoms with Crippen molar-refractivity contribution < 1.29 is 19.1 Å². The molecule has 0 bridgehead atoms. The Bertz CT molecular complexity index is 537. The number of hydrogen-bond donors (Lipinski definition) is 0. The van der Waals surface area contributed by atoms with Gasteiger partial charge in [-0.1, -0.05) is 144 Å². The molecule has 0 aromatic rings. The number of nitrogens with zero attached hydrogens (tertiary/aromatic N) is 1. The van der Waals surface area contributed by atoms with Gasteiger partial charge in [-0.25, -0.2) is 9.59 Å². The fraction of sp³-hybridized carbons (Fsp3) is 0.938. The lowest BCUT2D eigenvalue weighted by Gasteiger charge is -2.29. The van der Waals surface area contributed by atoms with Crippen molar-refractivity contribution in [3.8, 4) is 0 Å². The molecule has 2 atom stereocenters. The molecule has 220 valence electrons. The molecule has 5 heteroatoms. The van der Waals surface area contributed by atoms with E-state index in [-0.39, 0.29) is 11.9 Å². The Balaban J connectivity index is 3.94. The fourth-order valence-corrected chi connectivity index (χ4v) is 4.91. The van der Waals surface area contributed by atoms with Gasteiger partial charge >= 0.3 is 12.1 Å². The summed E-state index contributed by atoms with van der Waals surface area (Å²) >= 11 is 0. The standard InChI is InChI=1S/C32H63NO4/c1-7-10-12-13-14-15-16-17-18-19-20-21-22-23-24-26-36-31(34)30(28(4)5)33(6)32(35)37-27-29(9-3)25-11-8-2/h28-30H,7-27H2,1-6H3. The minimum Gasteiger partial charge on any atom is -0.464 e. The third-order valence-electron chi connectivity index (χ3n) is 7.56. The molecular formula is C32H63NO4. The highest BCUT2D eigenvalue weighted by atomic mass is 16.6. The fourth-order valence-electron chi connectivity index (χ4n) is 4.91. The lowest BCUT2D eigenvalue weighted by atomic mass is 10.0. The Labute approximate surface area is 230 Å². The van der Waals surface area contributed by atoms with Gasteiger partial charge in [0.1, 0.15) is 6.04 Å².